The number of nitrogens with zero attached hydrogens (tertiary/aromatic N) is 2. The average molecular weight is 391 g/mol. The van der Waals surface area contributed by atoms with E-state index in [1.165, 1.54) is 25.0 Å². The number of likely N-dealkylation sites (tertiary alicyclic amines) is 1. The van der Waals surface area contributed by atoms with E-state index in [0.717, 1.165) is 19.4 Å². The quantitative estimate of drug-likeness (QED) is 0.480. The van der Waals surface area contributed by atoms with Gasteiger partial charge < -0.3 is 15.4 Å². The lowest BCUT2D eigenvalue weighted by molar-refractivity contribution is -0.122. The third-order valence-electron chi connectivity index (χ3n) is 5.40. The number of rotatable bonds is 10. The first-order chi connectivity index (χ1) is 13.6. The van der Waals surface area contributed by atoms with Gasteiger partial charge in [-0.1, -0.05) is 0 Å². The molecule has 3 rings (SSSR count). The Morgan fingerprint density at radius 1 is 1.21 bits per heavy atom. The number of methoxy groups -OCH3 is 1. The zero-order valence-corrected chi connectivity index (χ0v) is 16.3. The Balaban J connectivity index is 1.52. The van der Waals surface area contributed by atoms with Crippen molar-refractivity contribution in [1.82, 2.24) is 25.7 Å². The second-order valence-corrected chi connectivity index (χ2v) is 7.59. The lowest BCUT2D eigenvalue weighted by Gasteiger charge is -2.30. The van der Waals surface area contributed by atoms with Crippen LogP contribution >= 0.6 is 0 Å². The number of aromatic amines is 1. The molecule has 1 aromatic rings. The molecule has 9 nitrogen and oxygen atoms in total. The van der Waals surface area contributed by atoms with Gasteiger partial charge in [0.2, 0.25) is 5.91 Å². The molecule has 1 saturated heterocycles. The van der Waals surface area contributed by atoms with Gasteiger partial charge in [0.05, 0.1) is 6.61 Å². The van der Waals surface area contributed by atoms with E-state index in [4.69, 9.17) is 4.74 Å². The van der Waals surface area contributed by atoms with Crippen LogP contribution in [0, 0.1) is 5.92 Å². The molecular weight excluding hydrogens is 362 g/mol. The van der Waals surface area contributed by atoms with E-state index in [-0.39, 0.29) is 35.2 Å². The lowest BCUT2D eigenvalue weighted by atomic mass is 10.1. The Labute approximate surface area is 164 Å². The third-order valence-corrected chi connectivity index (χ3v) is 5.40. The summed E-state index contributed by atoms with van der Waals surface area (Å²) in [6.45, 7) is 2.52. The van der Waals surface area contributed by atoms with Crippen molar-refractivity contribution in [3.05, 3.63) is 28.2 Å². The number of aromatic nitrogens is 2. The highest BCUT2D eigenvalue weighted by molar-refractivity contribution is 5.91. The molecule has 0 unspecified atom stereocenters. The number of hydrogen-bond acceptors (Lipinski definition) is 6. The summed E-state index contributed by atoms with van der Waals surface area (Å²) >= 11 is 0. The minimum atomic E-state index is -0.338. The van der Waals surface area contributed by atoms with Crippen molar-refractivity contribution in [3.63, 3.8) is 0 Å². The van der Waals surface area contributed by atoms with Gasteiger partial charge in [0, 0.05) is 51.3 Å². The average Bonchev–Trinajstić information content (AvgIpc) is 3.43. The van der Waals surface area contributed by atoms with Gasteiger partial charge in [0.25, 0.3) is 11.5 Å². The van der Waals surface area contributed by atoms with Gasteiger partial charge in [-0.05, 0) is 37.7 Å². The van der Waals surface area contributed by atoms with Crippen molar-refractivity contribution in [2.75, 3.05) is 33.4 Å². The highest BCUT2D eigenvalue weighted by atomic mass is 16.5. The summed E-state index contributed by atoms with van der Waals surface area (Å²) in [5, 5.41) is 11.8. The summed E-state index contributed by atoms with van der Waals surface area (Å²) in [5.74, 6) is 0.449. The fraction of sp³-hybridized carbons (Fsp3) is 0.684. The van der Waals surface area contributed by atoms with E-state index in [1.54, 1.807) is 7.11 Å². The van der Waals surface area contributed by atoms with Crippen LogP contribution in [0.15, 0.2) is 16.9 Å². The van der Waals surface area contributed by atoms with E-state index in [1.807, 2.05) is 0 Å². The summed E-state index contributed by atoms with van der Waals surface area (Å²) in [7, 11) is 1.61. The summed E-state index contributed by atoms with van der Waals surface area (Å²) in [6, 6.07) is 3.12. The van der Waals surface area contributed by atoms with Gasteiger partial charge in [-0.25, -0.2) is 5.10 Å². The number of carbonyl (C=O) groups is 2. The highest BCUT2D eigenvalue weighted by Gasteiger charge is 2.38. The van der Waals surface area contributed by atoms with Crippen molar-refractivity contribution in [2.45, 2.75) is 44.2 Å². The molecule has 3 N–H and O–H groups in total. The van der Waals surface area contributed by atoms with Gasteiger partial charge in [0.1, 0.15) is 5.69 Å². The maximum Gasteiger partial charge on any atom is 0.271 e. The SMILES string of the molecule is COCCNC(=O)C[C@H]1CC[C@@H](CNC(=O)c2ccc(=O)[nH]n2)N1CC1CC1. The molecule has 154 valence electrons. The summed E-state index contributed by atoms with van der Waals surface area (Å²) in [4.78, 5) is 37.9. The Bertz CT molecular complexity index is 713. The molecule has 28 heavy (non-hydrogen) atoms. The molecular formula is C19H29N5O4. The van der Waals surface area contributed by atoms with Crippen LogP contribution in [0.1, 0.15) is 42.6 Å². The zero-order chi connectivity index (χ0) is 19.9. The smallest absolute Gasteiger partial charge is 0.271 e. The van der Waals surface area contributed by atoms with Crippen LogP contribution < -0.4 is 16.2 Å². The molecule has 1 aromatic heterocycles. The van der Waals surface area contributed by atoms with E-state index in [9.17, 15) is 14.4 Å². The maximum absolute atomic E-state index is 12.3. The highest BCUT2D eigenvalue weighted by Crippen LogP contribution is 2.35. The Kier molecular flexibility index (Phi) is 7.16. The van der Waals surface area contributed by atoms with Gasteiger partial charge in [-0.15, -0.1) is 0 Å². The molecule has 1 saturated carbocycles. The molecule has 2 atom stereocenters. The largest absolute Gasteiger partial charge is 0.383 e. The van der Waals surface area contributed by atoms with Gasteiger partial charge in [-0.3, -0.25) is 19.3 Å². The van der Waals surface area contributed by atoms with Crippen LogP contribution in [0.4, 0.5) is 0 Å². The molecule has 2 amide bonds. The lowest BCUT2D eigenvalue weighted by Crippen LogP contribution is -2.45. The second-order valence-electron chi connectivity index (χ2n) is 7.59. The van der Waals surface area contributed by atoms with Crippen LogP contribution in [-0.2, 0) is 9.53 Å². The molecule has 1 aliphatic heterocycles. The molecule has 2 aliphatic rings. The molecule has 0 spiro atoms. The number of ether oxygens (including phenoxy) is 1. The first kappa shape index (κ1) is 20.5. The second kappa shape index (κ2) is 9.79. The van der Waals surface area contributed by atoms with Crippen molar-refractivity contribution in [3.8, 4) is 0 Å². The molecule has 0 bridgehead atoms. The first-order valence-corrected chi connectivity index (χ1v) is 9.92. The zero-order valence-electron chi connectivity index (χ0n) is 16.3. The molecule has 2 heterocycles. The molecule has 0 radical (unpaired) electrons. The molecule has 1 aliphatic carbocycles. The third kappa shape index (κ3) is 5.87. The van der Waals surface area contributed by atoms with Crippen molar-refractivity contribution in [2.24, 2.45) is 5.92 Å². The van der Waals surface area contributed by atoms with Crippen LogP contribution in [0.25, 0.3) is 0 Å². The van der Waals surface area contributed by atoms with E-state index in [2.05, 4.69) is 25.7 Å². The number of amides is 2. The molecule has 2 fully saturated rings. The molecule has 9 heteroatoms. The predicted octanol–water partition coefficient (Wildman–Crippen LogP) is -0.105. The topological polar surface area (TPSA) is 116 Å². The van der Waals surface area contributed by atoms with Crippen molar-refractivity contribution in [1.29, 1.82) is 0 Å². The number of carbonyl (C=O) groups excluding carboxylic acids is 2. The van der Waals surface area contributed by atoms with Crippen LogP contribution in [0.3, 0.4) is 0 Å². The van der Waals surface area contributed by atoms with Crippen molar-refractivity contribution < 1.29 is 14.3 Å². The Morgan fingerprint density at radius 2 is 2.00 bits per heavy atom. The minimum absolute atomic E-state index is 0.0463. The number of hydrogen-bond donors (Lipinski definition) is 3. The number of H-pyrrole nitrogens is 1. The first-order valence-electron chi connectivity index (χ1n) is 9.92. The summed E-state index contributed by atoms with van der Waals surface area (Å²) < 4.78 is 4.97. The van der Waals surface area contributed by atoms with Gasteiger partial charge >= 0.3 is 0 Å². The standard InChI is InChI=1S/C19H29N5O4/c1-28-9-8-20-18(26)10-14-4-5-15(24(14)12-13-2-3-13)11-21-19(27)16-6-7-17(25)23-22-16/h6-7,13-15H,2-5,8-12H2,1H3,(H,20,26)(H,21,27)(H,23,25)/t14-,15+/m1/s1. The summed E-state index contributed by atoms with van der Waals surface area (Å²) in [6.07, 6.45) is 4.85. The maximum atomic E-state index is 12.3. The van der Waals surface area contributed by atoms with Crippen LogP contribution in [-0.4, -0.2) is 72.3 Å². The Hall–Kier alpha value is -2.26. The monoisotopic (exact) mass is 391 g/mol. The van der Waals surface area contributed by atoms with Crippen LogP contribution in [0.2, 0.25) is 0 Å². The van der Waals surface area contributed by atoms with E-state index >= 15 is 0 Å². The molecule has 0 aromatic carbocycles. The van der Waals surface area contributed by atoms with Crippen LogP contribution in [0.5, 0.6) is 0 Å². The normalized spacial score (nSPS) is 22.2. The predicted molar refractivity (Wildman–Crippen MR) is 103 cm³/mol. The van der Waals surface area contributed by atoms with Crippen molar-refractivity contribution >= 4 is 11.8 Å². The fourth-order valence-corrected chi connectivity index (χ4v) is 3.70. The minimum Gasteiger partial charge on any atom is -0.383 e. The fourth-order valence-electron chi connectivity index (χ4n) is 3.70. The van der Waals surface area contributed by atoms with E-state index < -0.39 is 0 Å². The Morgan fingerprint density at radius 3 is 2.68 bits per heavy atom. The summed E-state index contributed by atoms with van der Waals surface area (Å²) in [5.41, 5.74) is -0.144. The van der Waals surface area contributed by atoms with Gasteiger partial charge in [-0.2, -0.15) is 5.10 Å². The number of nitrogens with one attached hydrogen (secondary N) is 3. The van der Waals surface area contributed by atoms with Gasteiger partial charge in [0.15, 0.2) is 0 Å². The van der Waals surface area contributed by atoms with E-state index in [0.29, 0.717) is 32.0 Å².